The summed E-state index contributed by atoms with van der Waals surface area (Å²) in [4.78, 5) is 0.286. The summed E-state index contributed by atoms with van der Waals surface area (Å²) in [6.07, 6.45) is 0. The molecular weight excluding hydrogens is 310 g/mol. The summed E-state index contributed by atoms with van der Waals surface area (Å²) >= 11 is 0. The van der Waals surface area contributed by atoms with Crippen LogP contribution in [0.2, 0.25) is 0 Å². The van der Waals surface area contributed by atoms with E-state index in [1.54, 1.807) is 44.2 Å². The van der Waals surface area contributed by atoms with Crippen LogP contribution in [0.15, 0.2) is 70.1 Å². The predicted octanol–water partition coefficient (Wildman–Crippen LogP) is 3.85. The number of aryl methyl sites for hydroxylation is 2. The first kappa shape index (κ1) is 15.5. The standard InChI is InChI=1S/C18H17NO3S/c1-13-17(14(2)22-19-13)18(15-9-5-3-6-10-15)23(20,21)16-11-7-4-8-12-16/h3-12,18H,1-2H3/t18-/m0/s1. The van der Waals surface area contributed by atoms with Crippen molar-refractivity contribution in [1.82, 2.24) is 5.16 Å². The summed E-state index contributed by atoms with van der Waals surface area (Å²) < 4.78 is 31.7. The molecule has 118 valence electrons. The van der Waals surface area contributed by atoms with Crippen LogP contribution in [-0.4, -0.2) is 13.6 Å². The van der Waals surface area contributed by atoms with Gasteiger partial charge in [-0.2, -0.15) is 0 Å². The van der Waals surface area contributed by atoms with E-state index in [2.05, 4.69) is 5.16 Å². The largest absolute Gasteiger partial charge is 0.361 e. The first-order valence-corrected chi connectivity index (χ1v) is 8.83. The third kappa shape index (κ3) is 2.80. The van der Waals surface area contributed by atoms with E-state index < -0.39 is 15.1 Å². The fourth-order valence-electron chi connectivity index (χ4n) is 2.74. The van der Waals surface area contributed by atoms with Crippen molar-refractivity contribution in [3.05, 3.63) is 83.2 Å². The van der Waals surface area contributed by atoms with E-state index in [9.17, 15) is 8.42 Å². The maximum absolute atomic E-state index is 13.3. The molecule has 0 aliphatic carbocycles. The molecule has 0 aliphatic rings. The van der Waals surface area contributed by atoms with Crippen LogP contribution < -0.4 is 0 Å². The highest BCUT2D eigenvalue weighted by Gasteiger charge is 2.34. The molecular formula is C18H17NO3S. The van der Waals surface area contributed by atoms with Gasteiger partial charge in [-0.1, -0.05) is 53.7 Å². The normalized spacial score (nSPS) is 13.0. The minimum Gasteiger partial charge on any atom is -0.361 e. The molecule has 0 fully saturated rings. The first-order valence-electron chi connectivity index (χ1n) is 7.28. The van der Waals surface area contributed by atoms with Crippen LogP contribution in [0.25, 0.3) is 0 Å². The van der Waals surface area contributed by atoms with E-state index >= 15 is 0 Å². The molecule has 0 amide bonds. The average molecular weight is 327 g/mol. The van der Waals surface area contributed by atoms with Gasteiger partial charge in [0.25, 0.3) is 0 Å². The summed E-state index contributed by atoms with van der Waals surface area (Å²) in [5, 5.41) is 3.09. The van der Waals surface area contributed by atoms with Gasteiger partial charge in [0.2, 0.25) is 0 Å². The Morgan fingerprint density at radius 3 is 2.00 bits per heavy atom. The van der Waals surface area contributed by atoms with E-state index in [0.29, 0.717) is 22.6 Å². The molecule has 0 N–H and O–H groups in total. The Hall–Kier alpha value is -2.40. The van der Waals surface area contributed by atoms with Crippen molar-refractivity contribution in [2.24, 2.45) is 0 Å². The van der Waals surface area contributed by atoms with Crippen LogP contribution in [-0.2, 0) is 9.84 Å². The molecule has 1 heterocycles. The lowest BCUT2D eigenvalue weighted by molar-refractivity contribution is 0.392. The predicted molar refractivity (Wildman–Crippen MR) is 87.9 cm³/mol. The average Bonchev–Trinajstić information content (AvgIpc) is 2.89. The summed E-state index contributed by atoms with van der Waals surface area (Å²) in [5.41, 5.74) is 1.90. The molecule has 0 unspecified atom stereocenters. The van der Waals surface area contributed by atoms with Gasteiger partial charge in [0.15, 0.2) is 9.84 Å². The van der Waals surface area contributed by atoms with Crippen molar-refractivity contribution >= 4 is 9.84 Å². The van der Waals surface area contributed by atoms with Crippen LogP contribution in [0.4, 0.5) is 0 Å². The number of hydrogen-bond donors (Lipinski definition) is 0. The Balaban J connectivity index is 2.26. The fourth-order valence-corrected chi connectivity index (χ4v) is 4.71. The molecule has 1 aromatic heterocycles. The van der Waals surface area contributed by atoms with E-state index in [1.165, 1.54) is 0 Å². The Bertz CT molecular complexity index is 880. The summed E-state index contributed by atoms with van der Waals surface area (Å²) in [5.74, 6) is 0.524. The van der Waals surface area contributed by atoms with Crippen molar-refractivity contribution in [1.29, 1.82) is 0 Å². The first-order chi connectivity index (χ1) is 11.0. The SMILES string of the molecule is Cc1noc(C)c1[C@H](c1ccccc1)S(=O)(=O)c1ccccc1. The van der Waals surface area contributed by atoms with Crippen LogP contribution in [0.1, 0.15) is 27.8 Å². The van der Waals surface area contributed by atoms with Gasteiger partial charge in [0.05, 0.1) is 10.6 Å². The topological polar surface area (TPSA) is 60.2 Å². The van der Waals surface area contributed by atoms with Crippen molar-refractivity contribution in [3.63, 3.8) is 0 Å². The van der Waals surface area contributed by atoms with Gasteiger partial charge < -0.3 is 4.52 Å². The Morgan fingerprint density at radius 1 is 0.913 bits per heavy atom. The van der Waals surface area contributed by atoms with Gasteiger partial charge in [-0.15, -0.1) is 0 Å². The molecule has 4 nitrogen and oxygen atoms in total. The second-order valence-corrected chi connectivity index (χ2v) is 7.42. The number of nitrogens with zero attached hydrogens (tertiary/aromatic N) is 1. The van der Waals surface area contributed by atoms with Gasteiger partial charge in [-0.05, 0) is 31.5 Å². The van der Waals surface area contributed by atoms with Gasteiger partial charge in [-0.3, -0.25) is 0 Å². The Morgan fingerprint density at radius 2 is 1.48 bits per heavy atom. The molecule has 0 spiro atoms. The van der Waals surface area contributed by atoms with Gasteiger partial charge in [-0.25, -0.2) is 8.42 Å². The van der Waals surface area contributed by atoms with Crippen molar-refractivity contribution in [3.8, 4) is 0 Å². The van der Waals surface area contributed by atoms with Crippen LogP contribution in [0.5, 0.6) is 0 Å². The minimum absolute atomic E-state index is 0.286. The lowest BCUT2D eigenvalue weighted by Crippen LogP contribution is -2.16. The highest BCUT2D eigenvalue weighted by atomic mass is 32.2. The van der Waals surface area contributed by atoms with Crippen molar-refractivity contribution in [2.45, 2.75) is 24.0 Å². The van der Waals surface area contributed by atoms with Gasteiger partial charge in [0, 0.05) is 5.56 Å². The number of aromatic nitrogens is 1. The fraction of sp³-hybridized carbons (Fsp3) is 0.167. The zero-order chi connectivity index (χ0) is 16.4. The zero-order valence-corrected chi connectivity index (χ0v) is 13.7. The minimum atomic E-state index is -3.62. The molecule has 0 bridgehead atoms. The smallest absolute Gasteiger partial charge is 0.189 e. The summed E-state index contributed by atoms with van der Waals surface area (Å²) in [6, 6.07) is 17.6. The van der Waals surface area contributed by atoms with Crippen molar-refractivity contribution in [2.75, 3.05) is 0 Å². The number of benzene rings is 2. The number of hydrogen-bond acceptors (Lipinski definition) is 4. The quantitative estimate of drug-likeness (QED) is 0.730. The molecule has 0 saturated carbocycles. The van der Waals surface area contributed by atoms with E-state index in [1.807, 2.05) is 30.3 Å². The maximum Gasteiger partial charge on any atom is 0.189 e. The molecule has 3 aromatic rings. The summed E-state index contributed by atoms with van der Waals surface area (Å²) in [7, 11) is -3.62. The lowest BCUT2D eigenvalue weighted by Gasteiger charge is -2.18. The Kier molecular flexibility index (Phi) is 4.05. The molecule has 2 aromatic carbocycles. The van der Waals surface area contributed by atoms with E-state index in [4.69, 9.17) is 4.52 Å². The molecule has 0 radical (unpaired) electrons. The molecule has 23 heavy (non-hydrogen) atoms. The number of rotatable bonds is 4. The molecule has 5 heteroatoms. The molecule has 3 rings (SSSR count). The van der Waals surface area contributed by atoms with Crippen LogP contribution >= 0.6 is 0 Å². The lowest BCUT2D eigenvalue weighted by atomic mass is 10.0. The number of sulfone groups is 1. The summed E-state index contributed by atoms with van der Waals surface area (Å²) in [6.45, 7) is 3.51. The third-order valence-corrected chi connectivity index (χ3v) is 5.89. The van der Waals surface area contributed by atoms with Crippen LogP contribution in [0.3, 0.4) is 0 Å². The Labute approximate surface area is 135 Å². The second kappa shape index (κ2) is 6.01. The van der Waals surface area contributed by atoms with Gasteiger partial charge in [0.1, 0.15) is 11.0 Å². The van der Waals surface area contributed by atoms with E-state index in [0.717, 1.165) is 0 Å². The second-order valence-electron chi connectivity index (χ2n) is 5.39. The highest BCUT2D eigenvalue weighted by molar-refractivity contribution is 7.92. The van der Waals surface area contributed by atoms with E-state index in [-0.39, 0.29) is 4.90 Å². The third-order valence-electron chi connectivity index (χ3n) is 3.84. The van der Waals surface area contributed by atoms with Gasteiger partial charge >= 0.3 is 0 Å². The maximum atomic E-state index is 13.3. The molecule has 0 aliphatic heterocycles. The highest BCUT2D eigenvalue weighted by Crippen LogP contribution is 2.37. The van der Waals surface area contributed by atoms with Crippen molar-refractivity contribution < 1.29 is 12.9 Å². The zero-order valence-electron chi connectivity index (χ0n) is 12.9. The molecule has 1 atom stereocenters. The van der Waals surface area contributed by atoms with Crippen LogP contribution in [0, 0.1) is 13.8 Å². The molecule has 0 saturated heterocycles. The monoisotopic (exact) mass is 327 g/mol.